The van der Waals surface area contributed by atoms with Crippen molar-refractivity contribution < 1.29 is 33.1 Å². The van der Waals surface area contributed by atoms with Crippen LogP contribution in [0.2, 0.25) is 19.6 Å². The predicted molar refractivity (Wildman–Crippen MR) is 117 cm³/mol. The molecule has 1 atom stereocenters. The molecule has 0 saturated heterocycles. The van der Waals surface area contributed by atoms with Gasteiger partial charge in [0.05, 0.1) is 29.3 Å². The van der Waals surface area contributed by atoms with Crippen LogP contribution in [0, 0.1) is 0 Å². The Morgan fingerprint density at radius 3 is 2.23 bits per heavy atom. The molecule has 2 aliphatic rings. The lowest BCUT2D eigenvalue weighted by molar-refractivity contribution is -0.124. The molecule has 31 heavy (non-hydrogen) atoms. The van der Waals surface area contributed by atoms with Crippen molar-refractivity contribution >= 4 is 54.7 Å². The normalized spacial score (nSPS) is 17.9. The van der Waals surface area contributed by atoms with Gasteiger partial charge in [-0.15, -0.1) is 11.3 Å². The van der Waals surface area contributed by atoms with Crippen LogP contribution in [0.25, 0.3) is 0 Å². The van der Waals surface area contributed by atoms with Crippen LogP contribution in [0.1, 0.15) is 50.0 Å². The van der Waals surface area contributed by atoms with E-state index >= 15 is 0 Å². The van der Waals surface area contributed by atoms with E-state index in [4.69, 9.17) is 9.16 Å². The summed E-state index contributed by atoms with van der Waals surface area (Å²) in [5, 5.41) is 0. The highest BCUT2D eigenvalue weighted by molar-refractivity contribution is 7.17. The van der Waals surface area contributed by atoms with Crippen molar-refractivity contribution in [3.05, 3.63) is 38.6 Å². The summed E-state index contributed by atoms with van der Waals surface area (Å²) < 4.78 is 10.9. The summed E-state index contributed by atoms with van der Waals surface area (Å²) in [7, 11) is -0.949. The molecule has 3 rings (SSSR count). The molecule has 0 radical (unpaired) electrons. The highest BCUT2D eigenvalue weighted by Gasteiger charge is 2.44. The van der Waals surface area contributed by atoms with Crippen LogP contribution in [0.3, 0.4) is 0 Å². The molecule has 1 unspecified atom stereocenters. The van der Waals surface area contributed by atoms with Gasteiger partial charge in [0.25, 0.3) is 0 Å². The number of fused-ring (bicyclic) bond motifs is 1. The van der Waals surface area contributed by atoms with Crippen LogP contribution in [-0.2, 0) is 18.8 Å². The monoisotopic (exact) mass is 461 g/mol. The van der Waals surface area contributed by atoms with Gasteiger partial charge in [0.15, 0.2) is 14.1 Å². The number of hydrogen-bond donors (Lipinski definition) is 0. The third-order valence-corrected chi connectivity index (χ3v) is 6.90. The Hall–Kier alpha value is -2.69. The lowest BCUT2D eigenvalue weighted by Gasteiger charge is -2.31. The summed E-state index contributed by atoms with van der Waals surface area (Å²) in [5.41, 5.74) is 0.187. The van der Waals surface area contributed by atoms with Crippen molar-refractivity contribution in [2.24, 2.45) is 0 Å². The number of amides is 2. The molecule has 0 aromatic carbocycles. The Morgan fingerprint density at radius 2 is 1.71 bits per heavy atom. The molecule has 1 aromatic rings. The lowest BCUT2D eigenvalue weighted by atomic mass is 9.81. The van der Waals surface area contributed by atoms with Crippen LogP contribution < -0.4 is 4.90 Å². The first-order valence-electron chi connectivity index (χ1n) is 9.62. The van der Waals surface area contributed by atoms with Gasteiger partial charge < -0.3 is 9.16 Å². The number of anilines is 1. The number of thiophene rings is 1. The van der Waals surface area contributed by atoms with Crippen LogP contribution >= 0.6 is 11.3 Å². The summed E-state index contributed by atoms with van der Waals surface area (Å²) in [6, 6.07) is 0. The molecule has 1 aromatic heterocycles. The number of methoxy groups -OCH3 is 1. The van der Waals surface area contributed by atoms with Gasteiger partial charge in [-0.25, -0.2) is 9.69 Å². The van der Waals surface area contributed by atoms with Crippen molar-refractivity contribution in [3.8, 4) is 0 Å². The Morgan fingerprint density at radius 1 is 1.10 bits per heavy atom. The number of rotatable bonds is 4. The minimum absolute atomic E-state index is 0.0219. The van der Waals surface area contributed by atoms with E-state index in [1.54, 1.807) is 12.2 Å². The topological polar surface area (TPSA) is 107 Å². The number of ether oxygens (including phenoxy) is 1. The van der Waals surface area contributed by atoms with E-state index in [0.29, 0.717) is 5.57 Å². The second-order valence-electron chi connectivity index (χ2n) is 8.18. The van der Waals surface area contributed by atoms with Crippen LogP contribution in [0.15, 0.2) is 23.3 Å². The summed E-state index contributed by atoms with van der Waals surface area (Å²) in [6.07, 6.45) is 3.08. The zero-order valence-corrected chi connectivity index (χ0v) is 20.0. The number of Topliss-reactive ketones (excluding diaryl/α,β-unsaturated/α-hetero) is 2. The number of hydrogen-bond acceptors (Lipinski definition) is 8. The number of ketones is 2. The Kier molecular flexibility index (Phi) is 6.00. The molecule has 0 N–H and O–H groups in total. The number of nitrogens with zero attached hydrogens (tertiary/aromatic N) is 1. The fourth-order valence-electron chi connectivity index (χ4n) is 3.69. The standard InChI is InChI=1S/C21H23NO7SSi/c1-10(23)22(11(2)24)16-15-18(26)14-12(8-7-9-13(14)29-31(4,5)6)17(25)19(15)30-20(16)21(27)28-3/h7,9,13H,8H2,1-6H3. The number of carbonyl (C=O) groups excluding carboxylic acids is 5. The van der Waals surface area contributed by atoms with E-state index in [-0.39, 0.29) is 33.0 Å². The fourth-order valence-corrected chi connectivity index (χ4v) is 5.82. The maximum absolute atomic E-state index is 13.7. The van der Waals surface area contributed by atoms with Crippen molar-refractivity contribution in [2.45, 2.75) is 46.0 Å². The molecule has 10 heteroatoms. The molecular formula is C21H23NO7SSi. The van der Waals surface area contributed by atoms with Crippen molar-refractivity contribution in [1.29, 1.82) is 0 Å². The van der Waals surface area contributed by atoms with Gasteiger partial charge in [-0.1, -0.05) is 12.2 Å². The second kappa shape index (κ2) is 8.10. The van der Waals surface area contributed by atoms with Crippen molar-refractivity contribution in [2.75, 3.05) is 12.0 Å². The lowest BCUT2D eigenvalue weighted by Crippen LogP contribution is -2.39. The number of allylic oxidation sites excluding steroid dienone is 2. The Bertz CT molecular complexity index is 1080. The zero-order valence-electron chi connectivity index (χ0n) is 18.2. The zero-order chi connectivity index (χ0) is 23.2. The first-order valence-corrected chi connectivity index (χ1v) is 13.8. The average Bonchev–Trinajstić information content (AvgIpc) is 3.04. The van der Waals surface area contributed by atoms with E-state index in [1.165, 1.54) is 0 Å². The van der Waals surface area contributed by atoms with Gasteiger partial charge in [-0.3, -0.25) is 19.2 Å². The quantitative estimate of drug-likeness (QED) is 0.385. The minimum atomic E-state index is -2.09. The number of esters is 1. The highest BCUT2D eigenvalue weighted by Crippen LogP contribution is 2.45. The van der Waals surface area contributed by atoms with Crippen molar-refractivity contribution in [1.82, 2.24) is 0 Å². The van der Waals surface area contributed by atoms with Gasteiger partial charge in [-0.05, 0) is 26.1 Å². The summed E-state index contributed by atoms with van der Waals surface area (Å²) >= 11 is 0.758. The van der Waals surface area contributed by atoms with Gasteiger partial charge >= 0.3 is 5.97 Å². The summed E-state index contributed by atoms with van der Waals surface area (Å²) in [5.74, 6) is -3.14. The van der Waals surface area contributed by atoms with Crippen LogP contribution in [0.4, 0.5) is 5.69 Å². The number of imide groups is 1. The molecule has 0 spiro atoms. The fraction of sp³-hybridized carbons (Fsp3) is 0.381. The third kappa shape index (κ3) is 3.98. The van der Waals surface area contributed by atoms with E-state index in [9.17, 15) is 24.0 Å². The SMILES string of the molecule is COC(=O)c1sc2c(c1N(C(C)=O)C(C)=O)C(=O)C1=C(CC=CC1O[Si](C)(C)C)C2=O. The minimum Gasteiger partial charge on any atom is -0.465 e. The van der Waals surface area contributed by atoms with E-state index in [2.05, 4.69) is 0 Å². The molecule has 164 valence electrons. The maximum Gasteiger partial charge on any atom is 0.350 e. The van der Waals surface area contributed by atoms with E-state index < -0.39 is 43.8 Å². The van der Waals surface area contributed by atoms with Crippen molar-refractivity contribution in [3.63, 3.8) is 0 Å². The largest absolute Gasteiger partial charge is 0.465 e. The first kappa shape index (κ1) is 23.0. The molecule has 2 aliphatic carbocycles. The number of carbonyl (C=O) groups is 5. The molecule has 0 saturated carbocycles. The van der Waals surface area contributed by atoms with Crippen LogP contribution in [0.5, 0.6) is 0 Å². The smallest absolute Gasteiger partial charge is 0.350 e. The highest BCUT2D eigenvalue weighted by atomic mass is 32.1. The first-order chi connectivity index (χ1) is 14.4. The molecular weight excluding hydrogens is 438 g/mol. The predicted octanol–water partition coefficient (Wildman–Crippen LogP) is 3.29. The Labute approximate surface area is 184 Å². The molecule has 1 heterocycles. The molecule has 2 amide bonds. The molecule has 0 bridgehead atoms. The van der Waals surface area contributed by atoms with Crippen LogP contribution in [-0.4, -0.2) is 50.9 Å². The van der Waals surface area contributed by atoms with Gasteiger partial charge in [0.1, 0.15) is 4.88 Å². The maximum atomic E-state index is 13.7. The summed E-state index contributed by atoms with van der Waals surface area (Å²) in [6.45, 7) is 8.19. The van der Waals surface area contributed by atoms with Gasteiger partial charge in [0.2, 0.25) is 17.6 Å². The molecule has 8 nitrogen and oxygen atoms in total. The van der Waals surface area contributed by atoms with E-state index in [1.807, 2.05) is 19.6 Å². The Balaban J connectivity index is 2.28. The average molecular weight is 462 g/mol. The summed E-state index contributed by atoms with van der Waals surface area (Å²) in [4.78, 5) is 64.6. The second-order valence-corrected chi connectivity index (χ2v) is 13.7. The third-order valence-electron chi connectivity index (χ3n) is 4.78. The molecule has 0 aliphatic heterocycles. The molecule has 0 fully saturated rings. The van der Waals surface area contributed by atoms with Gasteiger partial charge in [-0.2, -0.15) is 0 Å². The van der Waals surface area contributed by atoms with E-state index in [0.717, 1.165) is 37.2 Å². The van der Waals surface area contributed by atoms with Gasteiger partial charge in [0, 0.05) is 25.0 Å².